The van der Waals surface area contributed by atoms with Crippen molar-refractivity contribution in [3.63, 3.8) is 0 Å². The van der Waals surface area contributed by atoms with Gasteiger partial charge < -0.3 is 14.7 Å². The first-order valence-electron chi connectivity index (χ1n) is 11.5. The van der Waals surface area contributed by atoms with Gasteiger partial charge in [-0.25, -0.2) is 9.78 Å². The lowest BCUT2D eigenvalue weighted by Crippen LogP contribution is -2.21. The molecule has 2 aromatic carbocycles. The molecule has 0 spiro atoms. The van der Waals surface area contributed by atoms with Crippen molar-refractivity contribution in [2.24, 2.45) is 0 Å². The SMILES string of the molecule is CCOC=C(CN(C)c1cc(-c2ccc(C#Cc3cscn3)cc2)sc1C(=O)O)c1ccc(Cl)cc1C. The highest BCUT2D eigenvalue weighted by Gasteiger charge is 2.21. The maximum absolute atomic E-state index is 12.1. The Kier molecular flexibility index (Phi) is 8.67. The molecule has 2 aromatic heterocycles. The summed E-state index contributed by atoms with van der Waals surface area (Å²) >= 11 is 8.93. The van der Waals surface area contributed by atoms with E-state index in [-0.39, 0.29) is 4.88 Å². The van der Waals surface area contributed by atoms with Crippen molar-refractivity contribution in [2.45, 2.75) is 13.8 Å². The number of thiophene rings is 1. The van der Waals surface area contributed by atoms with Gasteiger partial charge in [-0.15, -0.1) is 22.7 Å². The Morgan fingerprint density at radius 2 is 1.97 bits per heavy atom. The van der Waals surface area contributed by atoms with Crippen molar-refractivity contribution in [3.05, 3.63) is 98.0 Å². The average molecular weight is 549 g/mol. The fourth-order valence-corrected chi connectivity index (χ4v) is 5.55. The number of hydrogen-bond donors (Lipinski definition) is 1. The minimum atomic E-state index is -0.957. The molecule has 0 aliphatic rings. The summed E-state index contributed by atoms with van der Waals surface area (Å²) in [7, 11) is 1.89. The largest absolute Gasteiger partial charge is 0.501 e. The van der Waals surface area contributed by atoms with Gasteiger partial charge >= 0.3 is 5.97 Å². The van der Waals surface area contributed by atoms with Crippen LogP contribution in [-0.2, 0) is 4.74 Å². The summed E-state index contributed by atoms with van der Waals surface area (Å²) < 4.78 is 5.63. The second-order valence-corrected chi connectivity index (χ2v) is 10.5. The van der Waals surface area contributed by atoms with Crippen molar-refractivity contribution in [2.75, 3.05) is 25.1 Å². The monoisotopic (exact) mass is 548 g/mol. The third kappa shape index (κ3) is 6.60. The molecule has 5 nitrogen and oxygen atoms in total. The molecule has 0 aliphatic heterocycles. The zero-order valence-corrected chi connectivity index (χ0v) is 23.0. The van der Waals surface area contributed by atoms with Crippen LogP contribution in [0.5, 0.6) is 0 Å². The van der Waals surface area contributed by atoms with Crippen molar-refractivity contribution >= 4 is 51.5 Å². The van der Waals surface area contributed by atoms with Crippen LogP contribution in [-0.4, -0.2) is 36.3 Å². The summed E-state index contributed by atoms with van der Waals surface area (Å²) in [6.45, 7) is 4.92. The van der Waals surface area contributed by atoms with E-state index in [1.807, 2.05) is 79.7 Å². The molecule has 37 heavy (non-hydrogen) atoms. The molecule has 1 N–H and O–H groups in total. The van der Waals surface area contributed by atoms with Gasteiger partial charge in [-0.05, 0) is 66.8 Å². The lowest BCUT2D eigenvalue weighted by atomic mass is 10.0. The average Bonchev–Trinajstić information content (AvgIpc) is 3.56. The van der Waals surface area contributed by atoms with Crippen LogP contribution in [0, 0.1) is 18.8 Å². The van der Waals surface area contributed by atoms with Crippen molar-refractivity contribution in [3.8, 4) is 22.3 Å². The molecule has 0 atom stereocenters. The summed E-state index contributed by atoms with van der Waals surface area (Å²) in [5.41, 5.74) is 7.92. The van der Waals surface area contributed by atoms with Gasteiger partial charge in [0, 0.05) is 40.0 Å². The molecule has 0 bridgehead atoms. The van der Waals surface area contributed by atoms with Crippen LogP contribution in [0.1, 0.15) is 39.0 Å². The van der Waals surface area contributed by atoms with Gasteiger partial charge in [0.2, 0.25) is 0 Å². The Morgan fingerprint density at radius 1 is 1.19 bits per heavy atom. The predicted octanol–water partition coefficient (Wildman–Crippen LogP) is 7.45. The van der Waals surface area contributed by atoms with Crippen LogP contribution >= 0.6 is 34.3 Å². The van der Waals surface area contributed by atoms with E-state index in [1.165, 1.54) is 22.7 Å². The fraction of sp³-hybridized carbons (Fsp3) is 0.172. The lowest BCUT2D eigenvalue weighted by Gasteiger charge is -2.22. The number of hydrogen-bond acceptors (Lipinski definition) is 6. The van der Waals surface area contributed by atoms with E-state index in [0.717, 1.165) is 38.4 Å². The van der Waals surface area contributed by atoms with Crippen LogP contribution in [0.15, 0.2) is 65.7 Å². The quantitative estimate of drug-likeness (QED) is 0.183. The van der Waals surface area contributed by atoms with E-state index in [2.05, 4.69) is 16.8 Å². The first-order chi connectivity index (χ1) is 17.9. The molecular formula is C29H25ClN2O3S2. The number of anilines is 1. The van der Waals surface area contributed by atoms with Gasteiger partial charge in [0.05, 0.1) is 24.1 Å². The maximum Gasteiger partial charge on any atom is 0.348 e. The van der Waals surface area contributed by atoms with Crippen LogP contribution in [0.4, 0.5) is 5.69 Å². The molecule has 0 unspecified atom stereocenters. The zero-order chi connectivity index (χ0) is 26.4. The van der Waals surface area contributed by atoms with Gasteiger partial charge in [-0.1, -0.05) is 35.7 Å². The van der Waals surface area contributed by atoms with Gasteiger partial charge in [0.25, 0.3) is 0 Å². The summed E-state index contributed by atoms with van der Waals surface area (Å²) in [5, 5.41) is 12.5. The minimum absolute atomic E-state index is 0.286. The number of aryl methyl sites for hydroxylation is 1. The Hall–Kier alpha value is -3.57. The van der Waals surface area contributed by atoms with E-state index >= 15 is 0 Å². The summed E-state index contributed by atoms with van der Waals surface area (Å²) in [6.07, 6.45) is 1.74. The smallest absolute Gasteiger partial charge is 0.348 e. The molecule has 8 heteroatoms. The molecule has 0 fully saturated rings. The van der Waals surface area contributed by atoms with Crippen LogP contribution in [0.3, 0.4) is 0 Å². The second-order valence-electron chi connectivity index (χ2n) is 8.24. The molecule has 0 aliphatic carbocycles. The van der Waals surface area contributed by atoms with Crippen molar-refractivity contribution < 1.29 is 14.6 Å². The molecule has 188 valence electrons. The van der Waals surface area contributed by atoms with E-state index < -0.39 is 5.97 Å². The topological polar surface area (TPSA) is 62.7 Å². The highest BCUT2D eigenvalue weighted by Crippen LogP contribution is 2.37. The van der Waals surface area contributed by atoms with Crippen molar-refractivity contribution in [1.29, 1.82) is 0 Å². The summed E-state index contributed by atoms with van der Waals surface area (Å²) in [6, 6.07) is 15.4. The number of benzene rings is 2. The number of carboxylic acid groups (broad SMARTS) is 1. The minimum Gasteiger partial charge on any atom is -0.501 e. The van der Waals surface area contributed by atoms with E-state index in [0.29, 0.717) is 23.9 Å². The normalized spacial score (nSPS) is 11.1. The van der Waals surface area contributed by atoms with Crippen LogP contribution < -0.4 is 4.90 Å². The fourth-order valence-electron chi connectivity index (χ4n) is 3.79. The predicted molar refractivity (Wildman–Crippen MR) is 154 cm³/mol. The number of rotatable bonds is 8. The van der Waals surface area contributed by atoms with Gasteiger partial charge in [0.1, 0.15) is 10.6 Å². The number of aromatic carboxylic acids is 1. The van der Waals surface area contributed by atoms with E-state index in [4.69, 9.17) is 16.3 Å². The number of ether oxygens (including phenoxy) is 1. The highest BCUT2D eigenvalue weighted by molar-refractivity contribution is 7.18. The van der Waals surface area contributed by atoms with Gasteiger partial charge in [-0.3, -0.25) is 0 Å². The van der Waals surface area contributed by atoms with Crippen molar-refractivity contribution in [1.82, 2.24) is 4.98 Å². The number of carbonyl (C=O) groups is 1. The molecule has 0 radical (unpaired) electrons. The molecule has 0 saturated carbocycles. The van der Waals surface area contributed by atoms with Gasteiger partial charge in [-0.2, -0.15) is 0 Å². The molecule has 0 saturated heterocycles. The molecule has 2 heterocycles. The maximum atomic E-state index is 12.1. The Balaban J connectivity index is 1.61. The van der Waals surface area contributed by atoms with E-state index in [9.17, 15) is 9.90 Å². The lowest BCUT2D eigenvalue weighted by molar-refractivity contribution is 0.0703. The first-order valence-corrected chi connectivity index (χ1v) is 13.7. The first kappa shape index (κ1) is 26.5. The van der Waals surface area contributed by atoms with Gasteiger partial charge in [0.15, 0.2) is 0 Å². The number of nitrogens with zero attached hydrogens (tertiary/aromatic N) is 2. The molecule has 0 amide bonds. The number of carboxylic acids is 1. The van der Waals surface area contributed by atoms with E-state index in [1.54, 1.807) is 11.8 Å². The molecule has 4 aromatic rings. The Labute approximate surface area is 229 Å². The molecular weight excluding hydrogens is 524 g/mol. The number of halogens is 1. The second kappa shape index (κ2) is 12.1. The van der Waals surface area contributed by atoms with Crippen LogP contribution in [0.25, 0.3) is 16.0 Å². The highest BCUT2D eigenvalue weighted by atomic mass is 35.5. The Morgan fingerprint density at radius 3 is 2.62 bits per heavy atom. The third-order valence-corrected chi connectivity index (χ3v) is 7.57. The third-order valence-electron chi connectivity index (χ3n) is 5.59. The summed E-state index contributed by atoms with van der Waals surface area (Å²) in [5.74, 6) is 5.19. The number of likely N-dealkylation sites (N-methyl/N-ethyl adjacent to an activating group) is 1. The zero-order valence-electron chi connectivity index (χ0n) is 20.6. The molecule has 4 rings (SSSR count). The van der Waals surface area contributed by atoms with Crippen LogP contribution in [0.2, 0.25) is 5.02 Å². The standard InChI is InChI=1S/C29H25ClN2O3S2/c1-4-35-16-22(25-12-10-23(30)13-19(25)2)15-32(3)26-14-27(37-28(26)29(33)34)21-8-5-20(6-9-21)7-11-24-17-36-18-31-24/h5-6,8-10,12-14,16-18H,4,15H2,1-3H3,(H,33,34). The Bertz CT molecular complexity index is 1480. The number of aromatic nitrogens is 1. The summed E-state index contributed by atoms with van der Waals surface area (Å²) in [4.78, 5) is 19.4. The number of thiazole rings is 1.